The second-order valence-corrected chi connectivity index (χ2v) is 13.6. The van der Waals surface area contributed by atoms with Crippen LogP contribution in [-0.2, 0) is 16.0 Å². The fraction of sp³-hybridized carbons (Fsp3) is 0.486. The molecule has 3 saturated heterocycles. The maximum absolute atomic E-state index is 16.9. The normalized spacial score (nSPS) is 21.0. The highest BCUT2D eigenvalue weighted by Crippen LogP contribution is 2.42. The molecule has 2 unspecified atom stereocenters. The number of alkyl halides is 1. The lowest BCUT2D eigenvalue weighted by atomic mass is 9.93. The van der Waals surface area contributed by atoms with Gasteiger partial charge in [0.1, 0.15) is 41.4 Å². The quantitative estimate of drug-likeness (QED) is 0.158. The van der Waals surface area contributed by atoms with Crippen molar-refractivity contribution in [3.05, 3.63) is 47.7 Å². The Bertz CT molecular complexity index is 1890. The van der Waals surface area contributed by atoms with Crippen LogP contribution < -0.4 is 9.64 Å². The fourth-order valence-electron chi connectivity index (χ4n) is 7.98. The average Bonchev–Trinajstić information content (AvgIpc) is 3.63. The van der Waals surface area contributed by atoms with Gasteiger partial charge in [0.2, 0.25) is 0 Å². The molecule has 7 rings (SSSR count). The Morgan fingerprint density at radius 2 is 1.90 bits per heavy atom. The van der Waals surface area contributed by atoms with E-state index in [0.717, 1.165) is 44.8 Å². The van der Waals surface area contributed by atoms with Gasteiger partial charge in [-0.2, -0.15) is 9.97 Å². The van der Waals surface area contributed by atoms with Crippen LogP contribution in [0.4, 0.5) is 19.0 Å². The van der Waals surface area contributed by atoms with E-state index in [1.807, 2.05) is 6.92 Å². The van der Waals surface area contributed by atoms with Gasteiger partial charge in [0, 0.05) is 24.7 Å². The molecule has 0 spiro atoms. The maximum atomic E-state index is 16.9. The molecule has 260 valence electrons. The first-order valence-corrected chi connectivity index (χ1v) is 16.6. The van der Waals surface area contributed by atoms with Gasteiger partial charge in [0.15, 0.2) is 5.82 Å². The second-order valence-electron chi connectivity index (χ2n) is 13.6. The molecule has 2 aromatic heterocycles. The number of fused-ring (bicyclic) bond motifs is 3. The number of carbonyl (C=O) groups excluding carboxylic acids is 1. The summed E-state index contributed by atoms with van der Waals surface area (Å²) in [4.78, 5) is 28.5. The minimum Gasteiger partial charge on any atom is -0.508 e. The van der Waals surface area contributed by atoms with E-state index in [1.54, 1.807) is 4.90 Å². The summed E-state index contributed by atoms with van der Waals surface area (Å²) in [7, 11) is 0. The first-order valence-electron chi connectivity index (χ1n) is 16.6. The predicted octanol–water partition coefficient (Wildman–Crippen LogP) is 4.76. The SMILES string of the molecule is CC1CC(F)CN(c2nc(OCC34CCCN3CCC4)nc3c(F)c(-c4cc(O)cc5ccc(F)c(CCC(O)(O)OC=O)c45)ncc23)C1. The Hall–Kier alpha value is -4.27. The highest BCUT2D eigenvalue weighted by Gasteiger charge is 2.45. The second kappa shape index (κ2) is 12.9. The van der Waals surface area contributed by atoms with Crippen LogP contribution in [0.25, 0.3) is 32.9 Å². The van der Waals surface area contributed by atoms with E-state index in [1.165, 1.54) is 24.4 Å². The number of aromatic hydroxyl groups is 1. The zero-order valence-electron chi connectivity index (χ0n) is 27.0. The van der Waals surface area contributed by atoms with E-state index >= 15 is 8.78 Å². The maximum Gasteiger partial charge on any atom is 0.324 e. The van der Waals surface area contributed by atoms with Crippen molar-refractivity contribution in [1.82, 2.24) is 19.9 Å². The molecule has 0 saturated carbocycles. The molecule has 0 radical (unpaired) electrons. The number of aromatic nitrogens is 3. The highest BCUT2D eigenvalue weighted by molar-refractivity contribution is 6.01. The number of aliphatic hydroxyl groups is 2. The molecule has 14 heteroatoms. The summed E-state index contributed by atoms with van der Waals surface area (Å²) >= 11 is 0. The number of hydrogen-bond donors (Lipinski definition) is 3. The number of aryl methyl sites for hydroxylation is 1. The zero-order valence-corrected chi connectivity index (χ0v) is 27.0. The van der Waals surface area contributed by atoms with E-state index < -0.39 is 30.2 Å². The molecule has 3 N–H and O–H groups in total. The summed E-state index contributed by atoms with van der Waals surface area (Å²) in [5, 5.41) is 31.4. The molecule has 2 atom stereocenters. The lowest BCUT2D eigenvalue weighted by Gasteiger charge is -2.35. The Morgan fingerprint density at radius 3 is 2.63 bits per heavy atom. The largest absolute Gasteiger partial charge is 0.508 e. The number of carbonyl (C=O) groups is 1. The monoisotopic (exact) mass is 681 g/mol. The van der Waals surface area contributed by atoms with Gasteiger partial charge in [-0.15, -0.1) is 0 Å². The van der Waals surface area contributed by atoms with Crippen LogP contribution in [0.15, 0.2) is 30.5 Å². The number of nitrogens with zero attached hydrogens (tertiary/aromatic N) is 5. The summed E-state index contributed by atoms with van der Waals surface area (Å²) in [6.07, 6.45) is 3.80. The van der Waals surface area contributed by atoms with Crippen LogP contribution in [0.5, 0.6) is 11.8 Å². The molecule has 3 aliphatic rings. The molecule has 0 bridgehead atoms. The van der Waals surface area contributed by atoms with Crippen molar-refractivity contribution >= 4 is 34.0 Å². The number of pyridine rings is 1. The standard InChI is InChI=1S/C35H38F3N5O6/c1-20-12-22(36)17-42(16-20)32-26-15-39-30(29(38)31(26)40-33(41-32)48-18-34-7-2-10-43(34)11-3-8-34)25-14-23(45)13-21-4-5-27(37)24(28(21)25)6-9-35(46,47)49-19-44/h4-5,13-15,19-20,22,45-47H,2-3,6-12,16-18H2,1H3. The molecule has 11 nitrogen and oxygen atoms in total. The zero-order chi connectivity index (χ0) is 34.5. The molecule has 3 fully saturated rings. The van der Waals surface area contributed by atoms with Gasteiger partial charge < -0.3 is 29.7 Å². The molecule has 4 aromatic rings. The number of benzene rings is 2. The van der Waals surface area contributed by atoms with E-state index in [4.69, 9.17) is 4.74 Å². The Kier molecular flexibility index (Phi) is 8.74. The van der Waals surface area contributed by atoms with E-state index in [-0.39, 0.29) is 75.8 Å². The molecule has 0 amide bonds. The third-order valence-electron chi connectivity index (χ3n) is 10.2. The van der Waals surface area contributed by atoms with Gasteiger partial charge in [-0.05, 0) is 92.1 Å². The minimum atomic E-state index is -2.87. The van der Waals surface area contributed by atoms with Crippen LogP contribution in [-0.4, -0.2) is 92.1 Å². The first-order chi connectivity index (χ1) is 23.5. The fourth-order valence-corrected chi connectivity index (χ4v) is 7.98. The van der Waals surface area contributed by atoms with Crippen molar-refractivity contribution < 1.29 is 42.8 Å². The number of phenols is 1. The lowest BCUT2D eigenvalue weighted by molar-refractivity contribution is -0.315. The molecule has 2 aromatic carbocycles. The molecule has 5 heterocycles. The van der Waals surface area contributed by atoms with Crippen molar-refractivity contribution in [2.24, 2.45) is 5.92 Å². The van der Waals surface area contributed by atoms with Crippen LogP contribution in [0.1, 0.15) is 51.0 Å². The summed E-state index contributed by atoms with van der Waals surface area (Å²) < 4.78 is 57.7. The summed E-state index contributed by atoms with van der Waals surface area (Å²) in [5.41, 5.74) is -0.555. The van der Waals surface area contributed by atoms with Crippen LogP contribution >= 0.6 is 0 Å². The van der Waals surface area contributed by atoms with Crippen LogP contribution in [0.2, 0.25) is 0 Å². The topological polar surface area (TPSA) is 141 Å². The highest BCUT2D eigenvalue weighted by atomic mass is 19.1. The number of ether oxygens (including phenoxy) is 2. The Balaban J connectivity index is 1.36. The van der Waals surface area contributed by atoms with E-state index in [2.05, 4.69) is 24.6 Å². The van der Waals surface area contributed by atoms with Gasteiger partial charge >= 0.3 is 12.0 Å². The van der Waals surface area contributed by atoms with E-state index in [9.17, 15) is 24.5 Å². The molecule has 3 aliphatic heterocycles. The van der Waals surface area contributed by atoms with Crippen LogP contribution in [0, 0.1) is 17.6 Å². The molecular formula is C35H38F3N5O6. The Morgan fingerprint density at radius 1 is 1.12 bits per heavy atom. The van der Waals surface area contributed by atoms with Crippen molar-refractivity contribution in [1.29, 1.82) is 0 Å². The van der Waals surface area contributed by atoms with Crippen molar-refractivity contribution in [2.45, 2.75) is 69.6 Å². The van der Waals surface area contributed by atoms with Crippen molar-refractivity contribution in [3.8, 4) is 23.0 Å². The third kappa shape index (κ3) is 6.32. The smallest absolute Gasteiger partial charge is 0.324 e. The van der Waals surface area contributed by atoms with Crippen molar-refractivity contribution in [2.75, 3.05) is 37.7 Å². The Labute approximate surface area is 280 Å². The number of hydrogen-bond acceptors (Lipinski definition) is 11. The van der Waals surface area contributed by atoms with Gasteiger partial charge in [-0.1, -0.05) is 13.0 Å². The van der Waals surface area contributed by atoms with Gasteiger partial charge in [0.25, 0.3) is 6.47 Å². The average molecular weight is 682 g/mol. The van der Waals surface area contributed by atoms with Crippen LogP contribution in [0.3, 0.4) is 0 Å². The number of rotatable bonds is 10. The van der Waals surface area contributed by atoms with Gasteiger partial charge in [-0.25, -0.2) is 13.2 Å². The van der Waals surface area contributed by atoms with Gasteiger partial charge in [0.05, 0.1) is 17.5 Å². The summed E-state index contributed by atoms with van der Waals surface area (Å²) in [5.74, 6) is -4.44. The lowest BCUT2D eigenvalue weighted by Crippen LogP contribution is -2.43. The molecular weight excluding hydrogens is 643 g/mol. The number of anilines is 1. The summed E-state index contributed by atoms with van der Waals surface area (Å²) in [6.45, 7) is 4.65. The van der Waals surface area contributed by atoms with Gasteiger partial charge in [-0.3, -0.25) is 14.7 Å². The first kappa shape index (κ1) is 33.2. The summed E-state index contributed by atoms with van der Waals surface area (Å²) in [6, 6.07) is 5.08. The number of piperidine rings is 1. The number of halogens is 3. The predicted molar refractivity (Wildman–Crippen MR) is 174 cm³/mol. The minimum absolute atomic E-state index is 0.0140. The van der Waals surface area contributed by atoms with Crippen molar-refractivity contribution in [3.63, 3.8) is 0 Å². The molecule has 49 heavy (non-hydrogen) atoms. The van der Waals surface area contributed by atoms with E-state index in [0.29, 0.717) is 30.8 Å². The third-order valence-corrected chi connectivity index (χ3v) is 10.2. The number of phenolic OH excluding ortho intramolecular Hbond substituents is 1. The molecule has 0 aliphatic carbocycles.